The van der Waals surface area contributed by atoms with Crippen molar-refractivity contribution >= 4 is 17.6 Å². The van der Waals surface area contributed by atoms with E-state index in [0.29, 0.717) is 13.0 Å². The number of carbonyl (C=O) groups is 2. The molecule has 0 spiro atoms. The topological polar surface area (TPSA) is 59.0 Å². The Hall–Kier alpha value is -3.02. The van der Waals surface area contributed by atoms with Crippen molar-refractivity contribution in [2.24, 2.45) is 5.10 Å². The van der Waals surface area contributed by atoms with Crippen LogP contribution in [0.1, 0.15) is 17.5 Å². The van der Waals surface area contributed by atoms with Crippen LogP contribution in [0.2, 0.25) is 0 Å². The molecule has 0 fully saturated rings. The van der Waals surface area contributed by atoms with Gasteiger partial charge >= 0.3 is 5.97 Å². The summed E-state index contributed by atoms with van der Waals surface area (Å²) < 4.78 is 18.4. The van der Waals surface area contributed by atoms with Crippen LogP contribution in [0, 0.1) is 5.82 Å². The summed E-state index contributed by atoms with van der Waals surface area (Å²) in [6.07, 6.45) is 0.442. The maximum absolute atomic E-state index is 13.5. The molecule has 3 rings (SSSR count). The summed E-state index contributed by atoms with van der Waals surface area (Å²) in [4.78, 5) is 23.9. The lowest BCUT2D eigenvalue weighted by Crippen LogP contribution is -2.29. The molecule has 1 aliphatic rings. The van der Waals surface area contributed by atoms with Crippen LogP contribution in [0.25, 0.3) is 0 Å². The lowest BCUT2D eigenvalue weighted by Gasteiger charge is -2.11. The van der Waals surface area contributed by atoms with Gasteiger partial charge in [-0.2, -0.15) is 5.10 Å². The number of amides is 1. The molecule has 0 aliphatic carbocycles. The monoisotopic (exact) mass is 340 g/mol. The molecule has 0 unspecified atom stereocenters. The van der Waals surface area contributed by atoms with Crippen molar-refractivity contribution in [3.05, 3.63) is 71.5 Å². The number of benzene rings is 2. The summed E-state index contributed by atoms with van der Waals surface area (Å²) in [5.74, 6) is -1.51. The number of halogens is 1. The van der Waals surface area contributed by atoms with E-state index in [4.69, 9.17) is 4.74 Å². The van der Waals surface area contributed by atoms with Crippen molar-refractivity contribution in [2.75, 3.05) is 13.2 Å². The summed E-state index contributed by atoms with van der Waals surface area (Å²) in [5.41, 5.74) is 2.03. The molecule has 128 valence electrons. The molecule has 5 nitrogen and oxygen atoms in total. The van der Waals surface area contributed by atoms with Gasteiger partial charge in [0.2, 0.25) is 0 Å². The third kappa shape index (κ3) is 4.29. The first-order valence-corrected chi connectivity index (χ1v) is 7.96. The van der Waals surface area contributed by atoms with Gasteiger partial charge in [-0.15, -0.1) is 0 Å². The molecule has 0 saturated heterocycles. The number of carbonyl (C=O) groups excluding carboxylic acids is 2. The van der Waals surface area contributed by atoms with Gasteiger partial charge in [-0.05, 0) is 17.2 Å². The maximum Gasteiger partial charge on any atom is 0.310 e. The lowest BCUT2D eigenvalue weighted by atomic mass is 10.1. The summed E-state index contributed by atoms with van der Waals surface area (Å²) >= 11 is 0. The molecule has 0 N–H and O–H groups in total. The second kappa shape index (κ2) is 7.70. The molecule has 1 amide bonds. The molecular weight excluding hydrogens is 323 g/mol. The predicted molar refractivity (Wildman–Crippen MR) is 90.4 cm³/mol. The van der Waals surface area contributed by atoms with Gasteiger partial charge in [0.1, 0.15) is 5.82 Å². The fourth-order valence-electron chi connectivity index (χ4n) is 2.54. The molecule has 25 heavy (non-hydrogen) atoms. The Morgan fingerprint density at radius 1 is 1.08 bits per heavy atom. The van der Waals surface area contributed by atoms with Gasteiger partial charge in [0.05, 0.1) is 18.7 Å². The molecule has 0 atom stereocenters. The number of hydrogen-bond donors (Lipinski definition) is 0. The van der Waals surface area contributed by atoms with Gasteiger partial charge < -0.3 is 4.74 Å². The minimum Gasteiger partial charge on any atom is -0.455 e. The van der Waals surface area contributed by atoms with Gasteiger partial charge in [0.15, 0.2) is 6.61 Å². The van der Waals surface area contributed by atoms with Crippen molar-refractivity contribution in [2.45, 2.75) is 12.8 Å². The third-order valence-electron chi connectivity index (χ3n) is 3.85. The number of hydrazone groups is 1. The number of hydrogen-bond acceptors (Lipinski definition) is 4. The molecule has 2 aromatic rings. The van der Waals surface area contributed by atoms with Crippen LogP contribution in [0.3, 0.4) is 0 Å². The Balaban J connectivity index is 1.52. The molecule has 0 radical (unpaired) electrons. The maximum atomic E-state index is 13.5. The highest BCUT2D eigenvalue weighted by Gasteiger charge is 2.22. The summed E-state index contributed by atoms with van der Waals surface area (Å²) in [5, 5.41) is 5.59. The molecule has 2 aromatic carbocycles. The quantitative estimate of drug-likeness (QED) is 0.786. The predicted octanol–water partition coefficient (Wildman–Crippen LogP) is 2.55. The third-order valence-corrected chi connectivity index (χ3v) is 3.85. The minimum absolute atomic E-state index is 0.210. The van der Waals surface area contributed by atoms with Crippen LogP contribution in [-0.4, -0.2) is 35.7 Å². The van der Waals surface area contributed by atoms with E-state index in [1.807, 2.05) is 30.3 Å². The number of esters is 1. The van der Waals surface area contributed by atoms with E-state index in [9.17, 15) is 14.0 Å². The van der Waals surface area contributed by atoms with E-state index >= 15 is 0 Å². The Labute approximate surface area is 144 Å². The van der Waals surface area contributed by atoms with Crippen molar-refractivity contribution in [3.8, 4) is 0 Å². The fourth-order valence-corrected chi connectivity index (χ4v) is 2.54. The molecule has 1 heterocycles. The van der Waals surface area contributed by atoms with E-state index < -0.39 is 24.3 Å². The normalized spacial score (nSPS) is 13.5. The standard InChI is InChI=1S/C19H17FN2O3/c20-16-9-5-4-8-15(16)12-19(24)25-13-18(23)22-11-10-17(21-22)14-6-2-1-3-7-14/h1-9H,10-13H2. The zero-order chi connectivity index (χ0) is 17.6. The molecule has 0 saturated carbocycles. The van der Waals surface area contributed by atoms with Crippen LogP contribution in [0.15, 0.2) is 59.7 Å². The zero-order valence-corrected chi connectivity index (χ0v) is 13.5. The van der Waals surface area contributed by atoms with Crippen LogP contribution in [0.5, 0.6) is 0 Å². The fraction of sp³-hybridized carbons (Fsp3) is 0.211. The average Bonchev–Trinajstić information content (AvgIpc) is 3.13. The lowest BCUT2D eigenvalue weighted by molar-refractivity contribution is -0.151. The van der Waals surface area contributed by atoms with E-state index in [1.54, 1.807) is 12.1 Å². The Kier molecular flexibility index (Phi) is 5.18. The van der Waals surface area contributed by atoms with Crippen LogP contribution in [-0.2, 0) is 20.7 Å². The van der Waals surface area contributed by atoms with E-state index in [1.165, 1.54) is 17.1 Å². The zero-order valence-electron chi connectivity index (χ0n) is 13.5. The highest BCUT2D eigenvalue weighted by Crippen LogP contribution is 2.14. The average molecular weight is 340 g/mol. The number of nitrogens with zero attached hydrogens (tertiary/aromatic N) is 2. The molecular formula is C19H17FN2O3. The summed E-state index contributed by atoms with van der Waals surface area (Å²) in [6, 6.07) is 15.6. The highest BCUT2D eigenvalue weighted by molar-refractivity contribution is 6.02. The van der Waals surface area contributed by atoms with Crippen LogP contribution >= 0.6 is 0 Å². The number of rotatable bonds is 5. The highest BCUT2D eigenvalue weighted by atomic mass is 19.1. The van der Waals surface area contributed by atoms with Crippen LogP contribution in [0.4, 0.5) is 4.39 Å². The van der Waals surface area contributed by atoms with E-state index in [2.05, 4.69) is 5.10 Å². The first-order valence-electron chi connectivity index (χ1n) is 7.96. The Morgan fingerprint density at radius 3 is 2.56 bits per heavy atom. The van der Waals surface area contributed by atoms with Gasteiger partial charge in [0.25, 0.3) is 5.91 Å². The van der Waals surface area contributed by atoms with Crippen molar-refractivity contribution in [3.63, 3.8) is 0 Å². The largest absolute Gasteiger partial charge is 0.455 e. The van der Waals surface area contributed by atoms with Crippen molar-refractivity contribution < 1.29 is 18.7 Å². The second-order valence-corrected chi connectivity index (χ2v) is 5.61. The Bertz CT molecular complexity index is 805. The summed E-state index contributed by atoms with van der Waals surface area (Å²) in [6.45, 7) is 0.0484. The first kappa shape index (κ1) is 16.8. The molecule has 6 heteroatoms. The Morgan fingerprint density at radius 2 is 1.80 bits per heavy atom. The molecule has 0 bridgehead atoms. The molecule has 1 aliphatic heterocycles. The first-order chi connectivity index (χ1) is 12.1. The van der Waals surface area contributed by atoms with Gasteiger partial charge in [0, 0.05) is 6.42 Å². The second-order valence-electron chi connectivity index (χ2n) is 5.61. The summed E-state index contributed by atoms with van der Waals surface area (Å²) in [7, 11) is 0. The van der Waals surface area contributed by atoms with Gasteiger partial charge in [-0.25, -0.2) is 9.40 Å². The molecule has 0 aromatic heterocycles. The minimum atomic E-state index is -0.648. The smallest absolute Gasteiger partial charge is 0.310 e. The number of ether oxygens (including phenoxy) is 1. The van der Waals surface area contributed by atoms with Gasteiger partial charge in [-0.1, -0.05) is 48.5 Å². The van der Waals surface area contributed by atoms with E-state index in [0.717, 1.165) is 11.3 Å². The van der Waals surface area contributed by atoms with Gasteiger partial charge in [-0.3, -0.25) is 9.59 Å². The van der Waals surface area contributed by atoms with Crippen molar-refractivity contribution in [1.82, 2.24) is 5.01 Å². The van der Waals surface area contributed by atoms with Crippen LogP contribution < -0.4 is 0 Å². The van der Waals surface area contributed by atoms with Crippen molar-refractivity contribution in [1.29, 1.82) is 0 Å². The van der Waals surface area contributed by atoms with E-state index in [-0.39, 0.29) is 12.0 Å². The SMILES string of the molecule is O=C(Cc1ccccc1F)OCC(=O)N1CCC(c2ccccc2)=N1.